The lowest BCUT2D eigenvalue weighted by molar-refractivity contribution is -0.137. The van der Waals surface area contributed by atoms with Crippen molar-refractivity contribution in [2.45, 2.75) is 51.7 Å². The molecule has 0 aliphatic rings. The molecule has 0 aliphatic heterocycles. The molecule has 1 heterocycles. The molecule has 1 atom stereocenters. The van der Waals surface area contributed by atoms with Crippen molar-refractivity contribution in [3.63, 3.8) is 0 Å². The van der Waals surface area contributed by atoms with Gasteiger partial charge in [-0.2, -0.15) is 0 Å². The maximum atomic E-state index is 13.5. The summed E-state index contributed by atoms with van der Waals surface area (Å²) in [6, 6.07) is 19.4. The number of benzene rings is 3. The summed E-state index contributed by atoms with van der Waals surface area (Å²) in [4.78, 5) is 39.9. The van der Waals surface area contributed by atoms with Gasteiger partial charge in [-0.3, -0.25) is 14.4 Å². The van der Waals surface area contributed by atoms with Crippen molar-refractivity contribution in [3.05, 3.63) is 101 Å². The predicted molar refractivity (Wildman–Crippen MR) is 169 cm³/mol. The van der Waals surface area contributed by atoms with Crippen LogP contribution >= 0.6 is 0 Å². The van der Waals surface area contributed by atoms with Gasteiger partial charge in [0.15, 0.2) is 0 Å². The Kier molecular flexibility index (Phi) is 11.2. The number of carboxylic acids is 1. The number of para-hydroxylation sites is 1. The van der Waals surface area contributed by atoms with Gasteiger partial charge in [-0.1, -0.05) is 36.1 Å². The number of carbonyl (C=O) groups is 3. The number of aliphatic carboxylic acids is 1. The lowest BCUT2D eigenvalue weighted by atomic mass is 10.0. The second-order valence-corrected chi connectivity index (χ2v) is 10.7. The largest absolute Gasteiger partial charge is 0.490 e. The van der Waals surface area contributed by atoms with Crippen molar-refractivity contribution >= 4 is 28.7 Å². The molecule has 5 N–H and O–H groups in total. The van der Waals surface area contributed by atoms with Crippen molar-refractivity contribution in [1.29, 1.82) is 0 Å². The Balaban J connectivity index is 1.48. The Labute approximate surface area is 256 Å². The average molecular weight is 596 g/mol. The summed E-state index contributed by atoms with van der Waals surface area (Å²) in [7, 11) is 0. The molecule has 0 saturated carbocycles. The fourth-order valence-corrected chi connectivity index (χ4v) is 4.72. The number of carbonyl (C=O) groups excluding carboxylic acids is 2. The number of fused-ring (bicyclic) bond motifs is 1. The molecule has 44 heavy (non-hydrogen) atoms. The Hall–Kier alpha value is -5.07. The third-order valence-electron chi connectivity index (χ3n) is 6.86. The van der Waals surface area contributed by atoms with Gasteiger partial charge in [0.2, 0.25) is 0 Å². The molecule has 1 aromatic heterocycles. The van der Waals surface area contributed by atoms with E-state index in [-0.39, 0.29) is 30.9 Å². The molecule has 4 rings (SSSR count). The summed E-state index contributed by atoms with van der Waals surface area (Å²) in [6.07, 6.45) is 3.31. The standard InChI is InChI=1S/C35H37N3O6/c1-23(2)44-32-16-15-25(14-13-24-8-7-9-26(18-24)34(42)36-17-6-5-12-33(40)41)19-30(32)35(43)38-28(22-39)20-27-21-37-31-11-4-3-10-29(27)31/h3-4,7-11,15-16,18-19,21,23,28,37,39H,5-6,12,17,20,22H2,1-2H3,(H,36,42)(H,38,43)(H,40,41)/t28-/m1/s1. The van der Waals surface area contributed by atoms with E-state index >= 15 is 0 Å². The van der Waals surface area contributed by atoms with E-state index in [0.717, 1.165) is 16.5 Å². The zero-order chi connectivity index (χ0) is 31.5. The Bertz CT molecular complexity index is 1680. The van der Waals surface area contributed by atoms with Crippen LogP contribution in [0.1, 0.15) is 70.5 Å². The first-order chi connectivity index (χ1) is 21.2. The fraction of sp³-hybridized carbons (Fsp3) is 0.286. The number of ether oxygens (including phenoxy) is 1. The number of nitrogens with one attached hydrogen (secondary N) is 3. The molecule has 0 bridgehead atoms. The van der Waals surface area contributed by atoms with E-state index in [4.69, 9.17) is 9.84 Å². The first-order valence-corrected chi connectivity index (χ1v) is 14.6. The Morgan fingerprint density at radius 3 is 2.45 bits per heavy atom. The smallest absolute Gasteiger partial charge is 0.303 e. The van der Waals surface area contributed by atoms with Crippen molar-refractivity contribution in [2.24, 2.45) is 0 Å². The van der Waals surface area contributed by atoms with Crippen LogP contribution in [-0.4, -0.2) is 58.3 Å². The van der Waals surface area contributed by atoms with Gasteiger partial charge >= 0.3 is 5.97 Å². The normalized spacial score (nSPS) is 11.5. The Morgan fingerprint density at radius 2 is 1.70 bits per heavy atom. The highest BCUT2D eigenvalue weighted by Gasteiger charge is 2.20. The molecule has 0 saturated heterocycles. The maximum absolute atomic E-state index is 13.5. The molecule has 0 fully saturated rings. The summed E-state index contributed by atoms with van der Waals surface area (Å²) >= 11 is 0. The molecule has 0 radical (unpaired) electrons. The van der Waals surface area contributed by atoms with Gasteiger partial charge in [0.05, 0.1) is 24.3 Å². The summed E-state index contributed by atoms with van der Waals surface area (Å²) in [6.45, 7) is 3.90. The number of hydrogen-bond acceptors (Lipinski definition) is 5. The zero-order valence-corrected chi connectivity index (χ0v) is 24.9. The highest BCUT2D eigenvalue weighted by Crippen LogP contribution is 2.23. The minimum absolute atomic E-state index is 0.0713. The van der Waals surface area contributed by atoms with Crippen molar-refractivity contribution < 1.29 is 29.3 Å². The van der Waals surface area contributed by atoms with Gasteiger partial charge in [0.1, 0.15) is 5.75 Å². The molecule has 9 heteroatoms. The van der Waals surface area contributed by atoms with Gasteiger partial charge in [-0.05, 0) is 81.1 Å². The first-order valence-electron chi connectivity index (χ1n) is 14.6. The van der Waals surface area contributed by atoms with Crippen LogP contribution in [0.5, 0.6) is 5.75 Å². The topological polar surface area (TPSA) is 141 Å². The average Bonchev–Trinajstić information content (AvgIpc) is 3.42. The van der Waals surface area contributed by atoms with E-state index in [9.17, 15) is 19.5 Å². The summed E-state index contributed by atoms with van der Waals surface area (Å²) < 4.78 is 5.91. The van der Waals surface area contributed by atoms with Crippen LogP contribution in [0.3, 0.4) is 0 Å². The van der Waals surface area contributed by atoms with Crippen LogP contribution < -0.4 is 15.4 Å². The van der Waals surface area contributed by atoms with Crippen LogP contribution in [0, 0.1) is 11.8 Å². The van der Waals surface area contributed by atoms with E-state index in [1.54, 1.807) is 42.5 Å². The molecule has 2 amide bonds. The number of unbranched alkanes of at least 4 members (excludes halogenated alkanes) is 1. The zero-order valence-electron chi connectivity index (χ0n) is 24.9. The van der Waals surface area contributed by atoms with Crippen LogP contribution in [0.4, 0.5) is 0 Å². The summed E-state index contributed by atoms with van der Waals surface area (Å²) in [5, 5.41) is 25.6. The van der Waals surface area contributed by atoms with E-state index in [0.29, 0.717) is 53.8 Å². The number of aromatic amines is 1. The number of aromatic nitrogens is 1. The molecule has 0 aliphatic carbocycles. The van der Waals surface area contributed by atoms with Crippen molar-refractivity contribution in [2.75, 3.05) is 13.2 Å². The molecule has 228 valence electrons. The predicted octanol–water partition coefficient (Wildman–Crippen LogP) is 4.67. The molecule has 0 unspecified atom stereocenters. The van der Waals surface area contributed by atoms with Crippen LogP contribution in [0.15, 0.2) is 72.9 Å². The SMILES string of the molecule is CC(C)Oc1ccc(C#Cc2cccc(C(=O)NCCCCC(=O)O)c2)cc1C(=O)N[C@@H](CO)Cc1c[nH]c2ccccc12. The highest BCUT2D eigenvalue weighted by atomic mass is 16.5. The molecular formula is C35H37N3O6. The number of hydrogen-bond donors (Lipinski definition) is 5. The van der Waals surface area contributed by atoms with Crippen molar-refractivity contribution in [1.82, 2.24) is 15.6 Å². The van der Waals surface area contributed by atoms with Gasteiger partial charge in [0, 0.05) is 46.8 Å². The lowest BCUT2D eigenvalue weighted by Gasteiger charge is -2.19. The molecule has 3 aromatic carbocycles. The molecule has 4 aromatic rings. The molecule has 9 nitrogen and oxygen atoms in total. The summed E-state index contributed by atoms with van der Waals surface area (Å²) in [5.41, 5.74) is 3.93. The maximum Gasteiger partial charge on any atom is 0.303 e. The van der Waals surface area contributed by atoms with Gasteiger partial charge < -0.3 is 30.6 Å². The quantitative estimate of drug-likeness (QED) is 0.112. The number of amides is 2. The number of aliphatic hydroxyl groups excluding tert-OH is 1. The minimum atomic E-state index is -0.853. The monoisotopic (exact) mass is 595 g/mol. The van der Waals surface area contributed by atoms with Crippen molar-refractivity contribution in [3.8, 4) is 17.6 Å². The third-order valence-corrected chi connectivity index (χ3v) is 6.86. The van der Waals surface area contributed by atoms with Crippen LogP contribution in [0.2, 0.25) is 0 Å². The van der Waals surface area contributed by atoms with Gasteiger partial charge in [0.25, 0.3) is 11.8 Å². The second-order valence-electron chi connectivity index (χ2n) is 10.7. The molecule has 0 spiro atoms. The van der Waals surface area contributed by atoms with Crippen LogP contribution in [-0.2, 0) is 11.2 Å². The minimum Gasteiger partial charge on any atom is -0.490 e. The number of H-pyrrole nitrogens is 1. The van der Waals surface area contributed by atoms with Gasteiger partial charge in [-0.25, -0.2) is 0 Å². The lowest BCUT2D eigenvalue weighted by Crippen LogP contribution is -2.39. The molecular weight excluding hydrogens is 558 g/mol. The van der Waals surface area contributed by atoms with Gasteiger partial charge in [-0.15, -0.1) is 0 Å². The third kappa shape index (κ3) is 8.96. The number of aliphatic hydroxyl groups is 1. The second kappa shape index (κ2) is 15.4. The number of rotatable bonds is 13. The van der Waals surface area contributed by atoms with E-state index in [1.807, 2.05) is 44.3 Å². The van der Waals surface area contributed by atoms with Crippen LogP contribution in [0.25, 0.3) is 10.9 Å². The fourth-order valence-electron chi connectivity index (χ4n) is 4.72. The highest BCUT2D eigenvalue weighted by molar-refractivity contribution is 5.97. The van der Waals surface area contributed by atoms with E-state index in [2.05, 4.69) is 27.5 Å². The number of carboxylic acid groups (broad SMARTS) is 1. The van der Waals surface area contributed by atoms with E-state index < -0.39 is 12.0 Å². The van der Waals surface area contributed by atoms with E-state index in [1.165, 1.54) is 0 Å². The Morgan fingerprint density at radius 1 is 0.932 bits per heavy atom. The summed E-state index contributed by atoms with van der Waals surface area (Å²) in [5.74, 6) is 5.04. The first kappa shape index (κ1) is 31.9.